The molecule has 3 atom stereocenters. The van der Waals surface area contributed by atoms with Crippen LogP contribution in [0, 0.1) is 0 Å². The maximum absolute atomic E-state index is 11.8. The van der Waals surface area contributed by atoms with Crippen molar-refractivity contribution in [2.45, 2.75) is 96.4 Å². The van der Waals surface area contributed by atoms with Crippen LogP contribution in [0.5, 0.6) is 0 Å². The Bertz CT molecular complexity index is 437. The molecule has 1 aliphatic rings. The standard InChI is InChI=1S/C21H44NO6P/c1-4-5-6-7-8-9-10-11-12-13-14-15-21-25-18-20(28-21)19-27-29(23,24)26-17-16-22(2)3/h20-21H,4-19H2,1-3H3,(H,23,24). The van der Waals surface area contributed by atoms with E-state index >= 15 is 0 Å². The van der Waals surface area contributed by atoms with Crippen molar-refractivity contribution >= 4 is 7.82 Å². The Labute approximate surface area is 178 Å². The summed E-state index contributed by atoms with van der Waals surface area (Å²) in [5, 5.41) is 0. The van der Waals surface area contributed by atoms with Crippen molar-refractivity contribution in [3.63, 3.8) is 0 Å². The zero-order chi connectivity index (χ0) is 21.4. The van der Waals surface area contributed by atoms with Crippen LogP contribution in [0.25, 0.3) is 0 Å². The molecule has 1 aliphatic heterocycles. The normalized spacial score (nSPS) is 21.7. The first-order valence-electron chi connectivity index (χ1n) is 11.5. The predicted octanol–water partition coefficient (Wildman–Crippen LogP) is 5.12. The molecule has 0 amide bonds. The van der Waals surface area contributed by atoms with E-state index in [4.69, 9.17) is 18.5 Å². The lowest BCUT2D eigenvalue weighted by atomic mass is 10.1. The SMILES string of the molecule is CCCCCCCCCCCCCC1OCC(COP(=O)(O)OCCN(C)C)O1. The number of unbranched alkanes of at least 4 members (excludes halogenated alkanes) is 10. The van der Waals surface area contributed by atoms with Gasteiger partial charge in [-0.05, 0) is 26.9 Å². The minimum atomic E-state index is -4.03. The van der Waals surface area contributed by atoms with Gasteiger partial charge in [0.05, 0.1) is 19.8 Å². The smallest absolute Gasteiger partial charge is 0.350 e. The summed E-state index contributed by atoms with van der Waals surface area (Å²) in [4.78, 5) is 11.5. The number of rotatable bonds is 19. The van der Waals surface area contributed by atoms with Crippen molar-refractivity contribution in [1.29, 1.82) is 0 Å². The molecule has 0 aliphatic carbocycles. The molecule has 1 saturated heterocycles. The van der Waals surface area contributed by atoms with E-state index < -0.39 is 7.82 Å². The third kappa shape index (κ3) is 15.4. The van der Waals surface area contributed by atoms with Gasteiger partial charge in [0, 0.05) is 6.54 Å². The van der Waals surface area contributed by atoms with Crippen LogP contribution in [0.15, 0.2) is 0 Å². The van der Waals surface area contributed by atoms with Gasteiger partial charge in [0.2, 0.25) is 0 Å². The first-order valence-corrected chi connectivity index (χ1v) is 13.0. The lowest BCUT2D eigenvalue weighted by Gasteiger charge is -2.16. The summed E-state index contributed by atoms with van der Waals surface area (Å²) >= 11 is 0. The van der Waals surface area contributed by atoms with E-state index in [2.05, 4.69) is 6.92 Å². The molecule has 174 valence electrons. The first-order chi connectivity index (χ1) is 13.9. The molecule has 0 bridgehead atoms. The van der Waals surface area contributed by atoms with Crippen LogP contribution in [-0.2, 0) is 23.1 Å². The Morgan fingerprint density at radius 2 is 1.55 bits per heavy atom. The summed E-state index contributed by atoms with van der Waals surface area (Å²) in [6, 6.07) is 0. The van der Waals surface area contributed by atoms with Gasteiger partial charge in [-0.3, -0.25) is 9.05 Å². The number of nitrogens with zero attached hydrogens (tertiary/aromatic N) is 1. The van der Waals surface area contributed by atoms with E-state index in [1.165, 1.54) is 64.2 Å². The molecule has 0 aromatic heterocycles. The van der Waals surface area contributed by atoms with Crippen LogP contribution in [0.3, 0.4) is 0 Å². The topological polar surface area (TPSA) is 77.5 Å². The molecule has 29 heavy (non-hydrogen) atoms. The molecular weight excluding hydrogens is 393 g/mol. The zero-order valence-corrected chi connectivity index (χ0v) is 19.7. The molecule has 3 unspecified atom stereocenters. The largest absolute Gasteiger partial charge is 0.472 e. The van der Waals surface area contributed by atoms with Gasteiger partial charge in [-0.2, -0.15) is 0 Å². The fourth-order valence-electron chi connectivity index (χ4n) is 3.28. The Balaban J connectivity index is 1.95. The van der Waals surface area contributed by atoms with Crippen LogP contribution < -0.4 is 0 Å². The molecule has 1 rings (SSSR count). The number of likely N-dealkylation sites (N-methyl/N-ethyl adjacent to an activating group) is 1. The molecule has 8 heteroatoms. The Hall–Kier alpha value is -0.0100. The highest BCUT2D eigenvalue weighted by Crippen LogP contribution is 2.43. The van der Waals surface area contributed by atoms with E-state index in [-0.39, 0.29) is 25.6 Å². The quantitative estimate of drug-likeness (QED) is 0.222. The van der Waals surface area contributed by atoms with Gasteiger partial charge in [0.25, 0.3) is 0 Å². The van der Waals surface area contributed by atoms with E-state index in [9.17, 15) is 9.46 Å². The highest BCUT2D eigenvalue weighted by molar-refractivity contribution is 7.47. The second-order valence-corrected chi connectivity index (χ2v) is 9.70. The average Bonchev–Trinajstić information content (AvgIpc) is 3.12. The molecule has 1 N–H and O–H groups in total. The van der Waals surface area contributed by atoms with Gasteiger partial charge in [-0.25, -0.2) is 4.57 Å². The van der Waals surface area contributed by atoms with Crippen LogP contribution in [-0.4, -0.2) is 62.6 Å². The number of ether oxygens (including phenoxy) is 2. The fourth-order valence-corrected chi connectivity index (χ4v) is 4.02. The van der Waals surface area contributed by atoms with E-state index in [0.717, 1.165) is 12.8 Å². The monoisotopic (exact) mass is 437 g/mol. The minimum Gasteiger partial charge on any atom is -0.350 e. The van der Waals surface area contributed by atoms with E-state index in [1.54, 1.807) is 0 Å². The van der Waals surface area contributed by atoms with Gasteiger partial charge in [-0.15, -0.1) is 0 Å². The first kappa shape index (κ1) is 27.0. The van der Waals surface area contributed by atoms with Crippen molar-refractivity contribution in [3.05, 3.63) is 0 Å². The number of hydrogen-bond donors (Lipinski definition) is 1. The minimum absolute atomic E-state index is 0.00446. The Morgan fingerprint density at radius 1 is 0.966 bits per heavy atom. The second kappa shape index (κ2) is 16.7. The lowest BCUT2D eigenvalue weighted by molar-refractivity contribution is -0.0702. The third-order valence-electron chi connectivity index (χ3n) is 5.07. The second-order valence-electron chi connectivity index (χ2n) is 8.25. The summed E-state index contributed by atoms with van der Waals surface area (Å²) in [7, 11) is -0.297. The van der Waals surface area contributed by atoms with Crippen LogP contribution in [0.2, 0.25) is 0 Å². The maximum Gasteiger partial charge on any atom is 0.472 e. The number of phosphoric ester groups is 1. The predicted molar refractivity (Wildman–Crippen MR) is 116 cm³/mol. The average molecular weight is 438 g/mol. The number of phosphoric acid groups is 1. The summed E-state index contributed by atoms with van der Waals surface area (Å²) in [6.45, 7) is 3.35. The van der Waals surface area contributed by atoms with Gasteiger partial charge < -0.3 is 19.3 Å². The molecule has 0 spiro atoms. The third-order valence-corrected chi connectivity index (χ3v) is 6.06. The van der Waals surface area contributed by atoms with Crippen LogP contribution >= 0.6 is 7.82 Å². The van der Waals surface area contributed by atoms with Gasteiger partial charge in [0.1, 0.15) is 6.10 Å². The molecule has 1 fully saturated rings. The summed E-state index contributed by atoms with van der Waals surface area (Å²) in [5.74, 6) is 0. The Morgan fingerprint density at radius 3 is 2.14 bits per heavy atom. The van der Waals surface area contributed by atoms with Crippen molar-refractivity contribution < 1.29 is 28.0 Å². The molecular formula is C21H44NO6P. The van der Waals surface area contributed by atoms with Crippen LogP contribution in [0.1, 0.15) is 84.0 Å². The molecule has 0 saturated carbocycles. The van der Waals surface area contributed by atoms with Crippen LogP contribution in [0.4, 0.5) is 0 Å². The van der Waals surface area contributed by atoms with Gasteiger partial charge >= 0.3 is 7.82 Å². The van der Waals surface area contributed by atoms with Gasteiger partial charge in [0.15, 0.2) is 6.29 Å². The highest BCUT2D eigenvalue weighted by atomic mass is 31.2. The summed E-state index contributed by atoms with van der Waals surface area (Å²) in [5.41, 5.74) is 0. The van der Waals surface area contributed by atoms with Crippen molar-refractivity contribution in [2.75, 3.05) is 40.5 Å². The van der Waals surface area contributed by atoms with Gasteiger partial charge in [-0.1, -0.05) is 71.1 Å². The maximum atomic E-state index is 11.8. The molecule has 7 nitrogen and oxygen atoms in total. The molecule has 0 aromatic carbocycles. The van der Waals surface area contributed by atoms with E-state index in [0.29, 0.717) is 13.2 Å². The van der Waals surface area contributed by atoms with Crippen molar-refractivity contribution in [1.82, 2.24) is 4.90 Å². The van der Waals surface area contributed by atoms with E-state index in [1.807, 2.05) is 19.0 Å². The lowest BCUT2D eigenvalue weighted by Crippen LogP contribution is -2.20. The fraction of sp³-hybridized carbons (Fsp3) is 1.00. The molecule has 0 aromatic rings. The summed E-state index contributed by atoms with van der Waals surface area (Å²) in [6.07, 6.45) is 14.8. The number of hydrogen-bond acceptors (Lipinski definition) is 6. The Kier molecular flexibility index (Phi) is 15.5. The zero-order valence-electron chi connectivity index (χ0n) is 18.9. The van der Waals surface area contributed by atoms with Crippen molar-refractivity contribution in [2.24, 2.45) is 0 Å². The van der Waals surface area contributed by atoms with Crippen molar-refractivity contribution in [3.8, 4) is 0 Å². The summed E-state index contributed by atoms with van der Waals surface area (Å²) < 4.78 is 33.1. The molecule has 1 heterocycles. The highest BCUT2D eigenvalue weighted by Gasteiger charge is 2.29. The molecule has 0 radical (unpaired) electrons.